The fourth-order valence-corrected chi connectivity index (χ4v) is 5.24. The van der Waals surface area contributed by atoms with Crippen LogP contribution >= 0.6 is 0 Å². The summed E-state index contributed by atoms with van der Waals surface area (Å²) in [5, 5.41) is 13.2. The molecule has 0 aromatic heterocycles. The molecule has 0 bridgehead atoms. The van der Waals surface area contributed by atoms with Crippen LogP contribution in [0, 0.1) is 18.8 Å². The van der Waals surface area contributed by atoms with Crippen LogP contribution in [-0.2, 0) is 14.4 Å². The number of aliphatic carboxylic acids is 1. The number of nitrogens with one attached hydrogen (secondary N) is 1. The zero-order chi connectivity index (χ0) is 24.7. The lowest BCUT2D eigenvalue weighted by Crippen LogP contribution is -2.53. The lowest BCUT2D eigenvalue weighted by atomic mass is 9.80. The molecule has 3 aromatic rings. The summed E-state index contributed by atoms with van der Waals surface area (Å²) in [6.45, 7) is 3.33. The summed E-state index contributed by atoms with van der Waals surface area (Å²) >= 11 is 0. The van der Waals surface area contributed by atoms with Crippen molar-refractivity contribution in [1.82, 2.24) is 5.32 Å². The van der Waals surface area contributed by atoms with E-state index in [2.05, 4.69) is 5.32 Å². The smallest absolute Gasteiger partial charge is 0.324 e. The van der Waals surface area contributed by atoms with Gasteiger partial charge in [0.2, 0.25) is 11.8 Å². The van der Waals surface area contributed by atoms with Crippen LogP contribution in [0.5, 0.6) is 0 Å². The largest absolute Gasteiger partial charge is 0.480 e. The first-order valence-electron chi connectivity index (χ1n) is 11.6. The maximum atomic E-state index is 13.6. The molecule has 0 aliphatic carbocycles. The fourth-order valence-electron chi connectivity index (χ4n) is 5.24. The molecule has 6 nitrogen and oxygen atoms in total. The Morgan fingerprint density at radius 1 is 0.886 bits per heavy atom. The Labute approximate surface area is 203 Å². The number of anilines is 1. The Kier molecular flexibility index (Phi) is 5.61. The van der Waals surface area contributed by atoms with E-state index in [-0.39, 0.29) is 5.91 Å². The molecular formula is C29H26N2O4. The van der Waals surface area contributed by atoms with E-state index in [0.717, 1.165) is 22.3 Å². The van der Waals surface area contributed by atoms with Gasteiger partial charge >= 0.3 is 5.97 Å². The first-order chi connectivity index (χ1) is 16.8. The zero-order valence-corrected chi connectivity index (χ0v) is 19.5. The highest BCUT2D eigenvalue weighted by Crippen LogP contribution is 2.50. The Morgan fingerprint density at radius 3 is 2.11 bits per heavy atom. The molecule has 3 aromatic carbocycles. The lowest BCUT2D eigenvalue weighted by molar-refractivity contribution is -0.147. The highest BCUT2D eigenvalue weighted by atomic mass is 16.4. The molecule has 2 N–H and O–H groups in total. The van der Waals surface area contributed by atoms with Gasteiger partial charge in [0.25, 0.3) is 0 Å². The molecule has 176 valence electrons. The van der Waals surface area contributed by atoms with Crippen molar-refractivity contribution in [3.63, 3.8) is 0 Å². The van der Waals surface area contributed by atoms with Crippen molar-refractivity contribution in [2.75, 3.05) is 4.90 Å². The average Bonchev–Trinajstić information content (AvgIpc) is 3.32. The number of carbonyl (C=O) groups is 3. The van der Waals surface area contributed by atoms with Crippen LogP contribution in [0.1, 0.15) is 35.2 Å². The van der Waals surface area contributed by atoms with Crippen molar-refractivity contribution < 1.29 is 19.5 Å². The molecule has 2 aliphatic rings. The van der Waals surface area contributed by atoms with E-state index >= 15 is 0 Å². The molecule has 0 saturated carbocycles. The van der Waals surface area contributed by atoms with E-state index in [1.54, 1.807) is 12.1 Å². The van der Waals surface area contributed by atoms with Gasteiger partial charge in [-0.2, -0.15) is 0 Å². The zero-order valence-electron chi connectivity index (χ0n) is 19.5. The molecule has 2 amide bonds. The summed E-state index contributed by atoms with van der Waals surface area (Å²) in [5.41, 5.74) is 2.56. The van der Waals surface area contributed by atoms with E-state index in [1.165, 1.54) is 11.8 Å². The normalized spacial score (nSPS) is 25.9. The molecule has 0 radical (unpaired) electrons. The number of carboxylic acids is 1. The molecule has 2 aliphatic heterocycles. The van der Waals surface area contributed by atoms with E-state index in [0.29, 0.717) is 5.69 Å². The molecule has 2 saturated heterocycles. The number of nitrogens with zero attached hydrogens (tertiary/aromatic N) is 1. The predicted molar refractivity (Wildman–Crippen MR) is 134 cm³/mol. The number of para-hydroxylation sites is 1. The van der Waals surface area contributed by atoms with Gasteiger partial charge in [-0.3, -0.25) is 19.7 Å². The van der Waals surface area contributed by atoms with Crippen molar-refractivity contribution in [3.05, 3.63) is 101 Å². The van der Waals surface area contributed by atoms with Crippen molar-refractivity contribution in [2.45, 2.75) is 25.4 Å². The minimum Gasteiger partial charge on any atom is -0.480 e. The number of rotatable bonds is 5. The van der Waals surface area contributed by atoms with Gasteiger partial charge in [0.15, 0.2) is 0 Å². The third-order valence-electron chi connectivity index (χ3n) is 7.15. The monoisotopic (exact) mass is 466 g/mol. The SMILES string of the molecule is Cc1ccccc1N1C(=O)C2C(c3ccc(C=Cc4ccccc4)cc3)NC(C)(C(=O)O)C2C1=O. The number of carbonyl (C=O) groups excluding carboxylic acids is 2. The first kappa shape index (κ1) is 22.7. The molecule has 35 heavy (non-hydrogen) atoms. The van der Waals surface area contributed by atoms with Gasteiger partial charge in [0, 0.05) is 6.04 Å². The van der Waals surface area contributed by atoms with Gasteiger partial charge in [-0.05, 0) is 42.2 Å². The number of hydrogen-bond donors (Lipinski definition) is 2. The van der Waals surface area contributed by atoms with Gasteiger partial charge in [0.1, 0.15) is 5.54 Å². The van der Waals surface area contributed by atoms with Crippen molar-refractivity contribution in [1.29, 1.82) is 0 Å². The van der Waals surface area contributed by atoms with Crippen LogP contribution in [0.15, 0.2) is 78.9 Å². The lowest BCUT2D eigenvalue weighted by Gasteiger charge is -2.27. The number of hydrogen-bond acceptors (Lipinski definition) is 4. The maximum absolute atomic E-state index is 13.6. The number of benzene rings is 3. The van der Waals surface area contributed by atoms with Gasteiger partial charge in [0.05, 0.1) is 17.5 Å². The molecule has 2 fully saturated rings. The maximum Gasteiger partial charge on any atom is 0.324 e. The van der Waals surface area contributed by atoms with Crippen LogP contribution in [0.25, 0.3) is 12.2 Å². The summed E-state index contributed by atoms with van der Waals surface area (Å²) in [7, 11) is 0. The highest BCUT2D eigenvalue weighted by molar-refractivity contribution is 6.24. The molecule has 4 unspecified atom stereocenters. The van der Waals surface area contributed by atoms with Gasteiger partial charge in [-0.15, -0.1) is 0 Å². The fraction of sp³-hybridized carbons (Fsp3) is 0.207. The van der Waals surface area contributed by atoms with Gasteiger partial charge < -0.3 is 5.11 Å². The Balaban J connectivity index is 1.49. The molecule has 5 rings (SSSR count). The van der Waals surface area contributed by atoms with Crippen LogP contribution < -0.4 is 10.2 Å². The Hall–Kier alpha value is -4.03. The van der Waals surface area contributed by atoms with E-state index in [1.807, 2.05) is 85.8 Å². The predicted octanol–water partition coefficient (Wildman–Crippen LogP) is 4.46. The first-order valence-corrected chi connectivity index (χ1v) is 11.6. The van der Waals surface area contributed by atoms with Crippen LogP contribution in [0.3, 0.4) is 0 Å². The van der Waals surface area contributed by atoms with Gasteiger partial charge in [-0.1, -0.05) is 84.9 Å². The topological polar surface area (TPSA) is 86.7 Å². The summed E-state index contributed by atoms with van der Waals surface area (Å²) in [4.78, 5) is 40.6. The standard InChI is InChI=1S/C29H26N2O4/c1-18-8-6-7-11-22(18)31-26(32)23-24(27(31)33)29(2,28(34)35)30-25(23)21-16-14-20(15-17-21)13-12-19-9-4-3-5-10-19/h3-17,23-25,30H,1-2H3,(H,34,35). The summed E-state index contributed by atoms with van der Waals surface area (Å²) in [5.74, 6) is -3.81. The second-order valence-corrected chi connectivity index (χ2v) is 9.34. The number of amides is 2. The Bertz CT molecular complexity index is 1330. The molecule has 2 heterocycles. The van der Waals surface area contributed by atoms with Crippen LogP contribution in [0.2, 0.25) is 0 Å². The van der Waals surface area contributed by atoms with Gasteiger partial charge in [-0.25, -0.2) is 4.90 Å². The third-order valence-corrected chi connectivity index (χ3v) is 7.15. The van der Waals surface area contributed by atoms with Crippen LogP contribution in [-0.4, -0.2) is 28.4 Å². The molecule has 0 spiro atoms. The highest BCUT2D eigenvalue weighted by Gasteiger charge is 2.66. The Morgan fingerprint density at radius 2 is 1.49 bits per heavy atom. The second-order valence-electron chi connectivity index (χ2n) is 9.34. The molecular weight excluding hydrogens is 440 g/mol. The average molecular weight is 467 g/mol. The van der Waals surface area contributed by atoms with E-state index in [9.17, 15) is 19.5 Å². The molecule has 4 atom stereocenters. The van der Waals surface area contributed by atoms with Crippen molar-refractivity contribution >= 4 is 35.6 Å². The minimum atomic E-state index is -1.56. The van der Waals surface area contributed by atoms with E-state index in [4.69, 9.17) is 0 Å². The summed E-state index contributed by atoms with van der Waals surface area (Å²) in [6, 6.07) is 24.2. The number of aryl methyl sites for hydroxylation is 1. The number of fused-ring (bicyclic) bond motifs is 1. The second kappa shape index (κ2) is 8.64. The minimum absolute atomic E-state index is 0.371. The summed E-state index contributed by atoms with van der Waals surface area (Å²) in [6.07, 6.45) is 4.01. The number of imide groups is 1. The van der Waals surface area contributed by atoms with Crippen molar-refractivity contribution in [2.24, 2.45) is 11.8 Å². The third kappa shape index (κ3) is 3.76. The number of carboxylic acid groups (broad SMARTS) is 1. The van der Waals surface area contributed by atoms with E-state index < -0.39 is 35.3 Å². The van der Waals surface area contributed by atoms with Crippen molar-refractivity contribution in [3.8, 4) is 0 Å². The molecule has 6 heteroatoms. The summed E-state index contributed by atoms with van der Waals surface area (Å²) < 4.78 is 0. The van der Waals surface area contributed by atoms with Crippen LogP contribution in [0.4, 0.5) is 5.69 Å². The quantitative estimate of drug-likeness (QED) is 0.428.